The predicted molar refractivity (Wildman–Crippen MR) is 74.3 cm³/mol. The first-order valence-corrected chi connectivity index (χ1v) is 6.97. The van der Waals surface area contributed by atoms with Crippen molar-refractivity contribution in [3.8, 4) is 0 Å². The number of nitrogens with one attached hydrogen (secondary N) is 1. The van der Waals surface area contributed by atoms with Gasteiger partial charge in [-0.15, -0.1) is 0 Å². The van der Waals surface area contributed by atoms with Gasteiger partial charge in [-0.2, -0.15) is 0 Å². The van der Waals surface area contributed by atoms with Gasteiger partial charge in [0.25, 0.3) is 0 Å². The van der Waals surface area contributed by atoms with Crippen LogP contribution in [-0.4, -0.2) is 30.7 Å². The van der Waals surface area contributed by atoms with Gasteiger partial charge in [-0.3, -0.25) is 0 Å². The molecule has 1 aliphatic heterocycles. The molecular formula is C15H20N2O2. The Kier molecular flexibility index (Phi) is 3.19. The third kappa shape index (κ3) is 1.91. The minimum absolute atomic E-state index is 0.205. The summed E-state index contributed by atoms with van der Waals surface area (Å²) in [5.74, 6) is 0.232. The lowest BCUT2D eigenvalue weighted by molar-refractivity contribution is 0.0599. The Balaban J connectivity index is 2.19. The molecule has 1 unspecified atom stereocenters. The van der Waals surface area contributed by atoms with Crippen LogP contribution in [0.25, 0.3) is 5.57 Å². The largest absolute Gasteiger partial charge is 0.465 e. The topological polar surface area (TPSA) is 43.3 Å². The number of allylic oxidation sites excluding steroid dienone is 1. The molecule has 1 aliphatic carbocycles. The second-order valence-corrected chi connectivity index (χ2v) is 5.24. The molecule has 0 aromatic carbocycles. The number of ether oxygens (including phenoxy) is 1. The van der Waals surface area contributed by atoms with Crippen LogP contribution >= 0.6 is 0 Å². The van der Waals surface area contributed by atoms with E-state index >= 15 is 0 Å². The van der Waals surface area contributed by atoms with Crippen molar-refractivity contribution >= 4 is 11.5 Å². The highest BCUT2D eigenvalue weighted by molar-refractivity contribution is 5.93. The molecule has 2 heterocycles. The van der Waals surface area contributed by atoms with Gasteiger partial charge in [-0.05, 0) is 29.9 Å². The Hall–Kier alpha value is -1.55. The molecule has 1 aromatic heterocycles. The smallest absolute Gasteiger partial charge is 0.339 e. The normalized spacial score (nSPS) is 21.4. The van der Waals surface area contributed by atoms with Gasteiger partial charge < -0.3 is 14.6 Å². The van der Waals surface area contributed by atoms with Gasteiger partial charge in [-0.1, -0.05) is 13.0 Å². The molecule has 1 aromatic rings. The monoisotopic (exact) mass is 260 g/mol. The van der Waals surface area contributed by atoms with Gasteiger partial charge in [0.15, 0.2) is 0 Å². The molecule has 0 amide bonds. The molecule has 1 N–H and O–H groups in total. The Labute approximate surface area is 113 Å². The van der Waals surface area contributed by atoms with E-state index in [9.17, 15) is 4.79 Å². The molecule has 2 aliphatic rings. The van der Waals surface area contributed by atoms with Crippen molar-refractivity contribution in [1.82, 2.24) is 9.88 Å². The highest BCUT2D eigenvalue weighted by Gasteiger charge is 2.31. The molecule has 4 nitrogen and oxygen atoms in total. The van der Waals surface area contributed by atoms with Crippen molar-refractivity contribution in [2.75, 3.05) is 20.2 Å². The fourth-order valence-electron chi connectivity index (χ4n) is 3.24. The van der Waals surface area contributed by atoms with E-state index in [1.165, 1.54) is 23.9 Å². The maximum absolute atomic E-state index is 12.0. The second kappa shape index (κ2) is 4.85. The van der Waals surface area contributed by atoms with Crippen LogP contribution in [-0.2, 0) is 11.3 Å². The van der Waals surface area contributed by atoms with Crippen molar-refractivity contribution in [2.24, 2.45) is 0 Å². The maximum atomic E-state index is 12.0. The standard InChI is InChI=1S/C15H20N2O2/c1-3-10-4-5-11-8-16-6-7-17-9-12(15(18)19-2)13(10)14(11)17/h5,9-10,16H,3-4,6-8H2,1-2H3. The minimum Gasteiger partial charge on any atom is -0.465 e. The summed E-state index contributed by atoms with van der Waals surface area (Å²) in [6.45, 7) is 4.93. The summed E-state index contributed by atoms with van der Waals surface area (Å²) >= 11 is 0. The molecule has 0 radical (unpaired) electrons. The highest BCUT2D eigenvalue weighted by Crippen LogP contribution is 2.40. The van der Waals surface area contributed by atoms with Crippen molar-refractivity contribution in [3.05, 3.63) is 29.1 Å². The molecule has 3 rings (SSSR count). The van der Waals surface area contributed by atoms with Crippen LogP contribution < -0.4 is 5.32 Å². The third-order valence-electron chi connectivity index (χ3n) is 4.22. The van der Waals surface area contributed by atoms with Gasteiger partial charge in [0.1, 0.15) is 0 Å². The maximum Gasteiger partial charge on any atom is 0.339 e. The van der Waals surface area contributed by atoms with E-state index in [4.69, 9.17) is 4.74 Å². The SMILES string of the molecule is CCC1CC=C2CNCCn3cc(C(=O)OC)c1c32. The quantitative estimate of drug-likeness (QED) is 0.829. The lowest BCUT2D eigenvalue weighted by Crippen LogP contribution is -2.18. The number of hydrogen-bond acceptors (Lipinski definition) is 3. The molecule has 4 heteroatoms. The third-order valence-corrected chi connectivity index (χ3v) is 4.22. The highest BCUT2D eigenvalue weighted by atomic mass is 16.5. The average molecular weight is 260 g/mol. The van der Waals surface area contributed by atoms with Crippen LogP contribution in [0.2, 0.25) is 0 Å². The Bertz CT molecular complexity index is 543. The number of carbonyl (C=O) groups is 1. The number of esters is 1. The van der Waals surface area contributed by atoms with Crippen molar-refractivity contribution in [2.45, 2.75) is 32.2 Å². The summed E-state index contributed by atoms with van der Waals surface area (Å²) in [6.07, 6.45) is 6.38. The van der Waals surface area contributed by atoms with Gasteiger partial charge in [0, 0.05) is 31.5 Å². The zero-order valence-electron chi connectivity index (χ0n) is 11.5. The summed E-state index contributed by atoms with van der Waals surface area (Å²) in [5.41, 5.74) is 4.54. The van der Waals surface area contributed by atoms with E-state index in [1.54, 1.807) is 0 Å². The molecule has 1 atom stereocenters. The van der Waals surface area contributed by atoms with Gasteiger partial charge >= 0.3 is 5.97 Å². The molecule has 0 bridgehead atoms. The van der Waals surface area contributed by atoms with Crippen LogP contribution in [0.3, 0.4) is 0 Å². The lowest BCUT2D eigenvalue weighted by Gasteiger charge is -2.23. The molecule has 102 valence electrons. The summed E-state index contributed by atoms with van der Waals surface area (Å²) in [6, 6.07) is 0. The molecule has 0 fully saturated rings. The fraction of sp³-hybridized carbons (Fsp3) is 0.533. The van der Waals surface area contributed by atoms with Crippen molar-refractivity contribution < 1.29 is 9.53 Å². The van der Waals surface area contributed by atoms with E-state index < -0.39 is 0 Å². The fourth-order valence-corrected chi connectivity index (χ4v) is 3.24. The molecule has 19 heavy (non-hydrogen) atoms. The van der Waals surface area contributed by atoms with E-state index in [0.29, 0.717) is 5.92 Å². The predicted octanol–water partition coefficient (Wildman–Crippen LogP) is 2.16. The average Bonchev–Trinajstić information content (AvgIpc) is 2.70. The molecule has 0 spiro atoms. The molecular weight excluding hydrogens is 240 g/mol. The first kappa shape index (κ1) is 12.5. The van der Waals surface area contributed by atoms with E-state index in [1.807, 2.05) is 6.20 Å². The number of methoxy groups -OCH3 is 1. The Morgan fingerprint density at radius 3 is 3.16 bits per heavy atom. The first-order chi connectivity index (χ1) is 9.26. The van der Waals surface area contributed by atoms with E-state index in [2.05, 4.69) is 22.9 Å². The van der Waals surface area contributed by atoms with Gasteiger partial charge in [0.05, 0.1) is 12.7 Å². The number of hydrogen-bond donors (Lipinski definition) is 1. The van der Waals surface area contributed by atoms with E-state index in [0.717, 1.165) is 38.0 Å². The zero-order valence-corrected chi connectivity index (χ0v) is 11.5. The number of rotatable bonds is 2. The molecule has 0 saturated heterocycles. The van der Waals surface area contributed by atoms with Crippen LogP contribution in [0, 0.1) is 0 Å². The summed E-state index contributed by atoms with van der Waals surface area (Å²) in [7, 11) is 1.46. The van der Waals surface area contributed by atoms with Crippen molar-refractivity contribution in [1.29, 1.82) is 0 Å². The molecule has 0 saturated carbocycles. The van der Waals surface area contributed by atoms with E-state index in [-0.39, 0.29) is 5.97 Å². The Morgan fingerprint density at radius 1 is 1.58 bits per heavy atom. The first-order valence-electron chi connectivity index (χ1n) is 6.97. The summed E-state index contributed by atoms with van der Waals surface area (Å²) < 4.78 is 7.17. The number of carbonyl (C=O) groups excluding carboxylic acids is 1. The van der Waals surface area contributed by atoms with Crippen LogP contribution in [0.1, 0.15) is 47.3 Å². The second-order valence-electron chi connectivity index (χ2n) is 5.24. The van der Waals surface area contributed by atoms with Crippen LogP contribution in [0.15, 0.2) is 12.3 Å². The lowest BCUT2D eigenvalue weighted by atomic mass is 9.83. The van der Waals surface area contributed by atoms with Crippen molar-refractivity contribution in [3.63, 3.8) is 0 Å². The minimum atomic E-state index is -0.205. The van der Waals surface area contributed by atoms with Gasteiger partial charge in [-0.25, -0.2) is 4.79 Å². The number of aromatic nitrogens is 1. The zero-order chi connectivity index (χ0) is 13.4. The van der Waals surface area contributed by atoms with Crippen LogP contribution in [0.5, 0.6) is 0 Å². The number of nitrogens with zero attached hydrogens (tertiary/aromatic N) is 1. The Morgan fingerprint density at radius 2 is 2.42 bits per heavy atom. The van der Waals surface area contributed by atoms with Crippen LogP contribution in [0.4, 0.5) is 0 Å². The van der Waals surface area contributed by atoms with Gasteiger partial charge in [0.2, 0.25) is 0 Å². The summed E-state index contributed by atoms with van der Waals surface area (Å²) in [5, 5.41) is 3.43. The summed E-state index contributed by atoms with van der Waals surface area (Å²) in [4.78, 5) is 12.0.